The lowest BCUT2D eigenvalue weighted by Crippen LogP contribution is -2.45. The second-order valence-corrected chi connectivity index (χ2v) is 7.06. The molecule has 1 aromatic rings. The molecule has 0 amide bonds. The van der Waals surface area contributed by atoms with Crippen LogP contribution in [0.4, 0.5) is 0 Å². The Morgan fingerprint density at radius 2 is 1.95 bits per heavy atom. The zero-order chi connectivity index (χ0) is 14.8. The van der Waals surface area contributed by atoms with Crippen LogP contribution in [0.15, 0.2) is 23.1 Å². The molecule has 2 rings (SSSR count). The Hall–Kier alpha value is -1.02. The van der Waals surface area contributed by atoms with Gasteiger partial charge in [-0.05, 0) is 31.4 Å². The third-order valence-electron chi connectivity index (χ3n) is 3.37. The summed E-state index contributed by atoms with van der Waals surface area (Å²) in [5.41, 5.74) is 6.80. The summed E-state index contributed by atoms with van der Waals surface area (Å²) in [5, 5.41) is 1.76. The van der Waals surface area contributed by atoms with E-state index in [1.807, 2.05) is 0 Å². The molecule has 1 saturated heterocycles. The second-order valence-electron chi connectivity index (χ2n) is 4.99. The van der Waals surface area contributed by atoms with Crippen molar-refractivity contribution < 1.29 is 8.42 Å². The van der Waals surface area contributed by atoms with Crippen LogP contribution in [0.25, 0.3) is 0 Å². The number of aryl methyl sites for hydroxylation is 1. The molecule has 1 aliphatic heterocycles. The highest BCUT2D eigenvalue weighted by Crippen LogP contribution is 2.18. The van der Waals surface area contributed by atoms with Gasteiger partial charge in [-0.25, -0.2) is 13.4 Å². The first-order chi connectivity index (χ1) is 9.40. The molecule has 0 aliphatic carbocycles. The number of piperidine rings is 1. The lowest BCUT2D eigenvalue weighted by atomic mass is 10.1. The molecule has 0 atom stereocenters. The van der Waals surface area contributed by atoms with Gasteiger partial charge in [-0.15, -0.1) is 4.83 Å². The quantitative estimate of drug-likeness (QED) is 0.820. The van der Waals surface area contributed by atoms with Crippen molar-refractivity contribution in [2.24, 2.45) is 5.73 Å². The molecule has 3 N–H and O–H groups in total. The van der Waals surface area contributed by atoms with Crippen LogP contribution in [-0.2, 0) is 10.0 Å². The van der Waals surface area contributed by atoms with Crippen LogP contribution in [0, 0.1) is 6.92 Å². The topological polar surface area (TPSA) is 75.4 Å². The predicted octanol–water partition coefficient (Wildman–Crippen LogP) is 1.31. The van der Waals surface area contributed by atoms with Gasteiger partial charge in [0.15, 0.2) is 0 Å². The number of nitrogens with two attached hydrogens (primary N) is 1. The van der Waals surface area contributed by atoms with Crippen LogP contribution in [-0.4, -0.2) is 31.5 Å². The molecular formula is C13H19N3O2S2. The smallest absolute Gasteiger partial charge is 0.253 e. The van der Waals surface area contributed by atoms with Crippen molar-refractivity contribution in [1.29, 1.82) is 0 Å². The SMILES string of the molecule is Cc1ccc(C(N)=S)cc1S(=O)(=O)NN1CCCCC1. The van der Waals surface area contributed by atoms with E-state index in [0.717, 1.165) is 32.4 Å². The van der Waals surface area contributed by atoms with Crippen molar-refractivity contribution in [1.82, 2.24) is 9.84 Å². The Bertz CT molecular complexity index is 608. The molecule has 0 spiro atoms. The number of thiocarbonyl (C=S) groups is 1. The summed E-state index contributed by atoms with van der Waals surface area (Å²) in [6.07, 6.45) is 3.16. The van der Waals surface area contributed by atoms with Crippen LogP contribution >= 0.6 is 12.2 Å². The van der Waals surface area contributed by atoms with Gasteiger partial charge < -0.3 is 5.73 Å². The molecule has 0 unspecified atom stereocenters. The molecule has 0 radical (unpaired) electrons. The number of rotatable bonds is 4. The van der Waals surface area contributed by atoms with E-state index in [2.05, 4.69) is 4.83 Å². The van der Waals surface area contributed by atoms with Gasteiger partial charge in [-0.3, -0.25) is 0 Å². The lowest BCUT2D eigenvalue weighted by Gasteiger charge is -2.27. The van der Waals surface area contributed by atoms with E-state index in [1.165, 1.54) is 6.07 Å². The Morgan fingerprint density at radius 1 is 1.30 bits per heavy atom. The van der Waals surface area contributed by atoms with Crippen LogP contribution in [0.1, 0.15) is 30.4 Å². The molecule has 110 valence electrons. The van der Waals surface area contributed by atoms with Gasteiger partial charge in [0.1, 0.15) is 4.99 Å². The Labute approximate surface area is 125 Å². The maximum absolute atomic E-state index is 12.5. The minimum absolute atomic E-state index is 0.194. The number of nitrogens with zero attached hydrogens (tertiary/aromatic N) is 1. The highest BCUT2D eigenvalue weighted by atomic mass is 32.2. The van der Waals surface area contributed by atoms with Gasteiger partial charge in [0, 0.05) is 18.7 Å². The first kappa shape index (κ1) is 15.4. The maximum atomic E-state index is 12.5. The fraction of sp³-hybridized carbons (Fsp3) is 0.462. The average Bonchev–Trinajstić information content (AvgIpc) is 2.39. The van der Waals surface area contributed by atoms with E-state index in [4.69, 9.17) is 18.0 Å². The van der Waals surface area contributed by atoms with E-state index in [9.17, 15) is 8.42 Å². The second kappa shape index (κ2) is 6.17. The van der Waals surface area contributed by atoms with Gasteiger partial charge in [0.2, 0.25) is 0 Å². The standard InChI is InChI=1S/C13H19N3O2S2/c1-10-5-6-11(13(14)19)9-12(10)20(17,18)15-16-7-3-2-4-8-16/h5-6,9,15H,2-4,7-8H2,1H3,(H2,14,19). The fourth-order valence-electron chi connectivity index (χ4n) is 2.25. The molecule has 20 heavy (non-hydrogen) atoms. The molecule has 0 saturated carbocycles. The number of sulfonamides is 1. The van der Waals surface area contributed by atoms with Gasteiger partial charge >= 0.3 is 0 Å². The zero-order valence-electron chi connectivity index (χ0n) is 11.4. The van der Waals surface area contributed by atoms with Gasteiger partial charge in [-0.2, -0.15) is 0 Å². The molecule has 1 aliphatic rings. The number of hydrazine groups is 1. The molecule has 1 aromatic carbocycles. The number of nitrogens with one attached hydrogen (secondary N) is 1. The van der Waals surface area contributed by atoms with Crippen molar-refractivity contribution in [2.45, 2.75) is 31.1 Å². The highest BCUT2D eigenvalue weighted by Gasteiger charge is 2.22. The third-order valence-corrected chi connectivity index (χ3v) is 5.12. The molecule has 0 bridgehead atoms. The Kier molecular flexibility index (Phi) is 4.74. The summed E-state index contributed by atoms with van der Waals surface area (Å²) in [6.45, 7) is 3.24. The van der Waals surface area contributed by atoms with Gasteiger partial charge in [-0.1, -0.05) is 30.8 Å². The summed E-state index contributed by atoms with van der Waals surface area (Å²) in [7, 11) is -3.59. The van der Waals surface area contributed by atoms with Crippen molar-refractivity contribution in [3.63, 3.8) is 0 Å². The van der Waals surface area contributed by atoms with Gasteiger partial charge in [0.25, 0.3) is 10.0 Å². The van der Waals surface area contributed by atoms with Crippen LogP contribution in [0.5, 0.6) is 0 Å². The molecule has 5 nitrogen and oxygen atoms in total. The van der Waals surface area contributed by atoms with Crippen molar-refractivity contribution >= 4 is 27.2 Å². The Balaban J connectivity index is 2.28. The lowest BCUT2D eigenvalue weighted by molar-refractivity contribution is 0.200. The number of hydrogen-bond donors (Lipinski definition) is 2. The summed E-state index contributed by atoms with van der Waals surface area (Å²) < 4.78 is 24.9. The van der Waals surface area contributed by atoms with Crippen molar-refractivity contribution in [3.05, 3.63) is 29.3 Å². The number of hydrogen-bond acceptors (Lipinski definition) is 4. The van der Waals surface area contributed by atoms with Gasteiger partial charge in [0.05, 0.1) is 4.90 Å². The minimum atomic E-state index is -3.59. The van der Waals surface area contributed by atoms with Crippen LogP contribution < -0.4 is 10.6 Å². The summed E-state index contributed by atoms with van der Waals surface area (Å²) in [6, 6.07) is 4.99. The summed E-state index contributed by atoms with van der Waals surface area (Å²) in [4.78, 5) is 3.06. The zero-order valence-corrected chi connectivity index (χ0v) is 13.1. The van der Waals surface area contributed by atoms with E-state index >= 15 is 0 Å². The first-order valence-electron chi connectivity index (χ1n) is 6.58. The fourth-order valence-corrected chi connectivity index (χ4v) is 3.77. The largest absolute Gasteiger partial charge is 0.389 e. The Morgan fingerprint density at radius 3 is 2.55 bits per heavy atom. The summed E-state index contributed by atoms with van der Waals surface area (Å²) >= 11 is 4.90. The molecule has 0 aromatic heterocycles. The van der Waals surface area contributed by atoms with E-state index in [1.54, 1.807) is 24.1 Å². The maximum Gasteiger partial charge on any atom is 0.253 e. The van der Waals surface area contributed by atoms with Crippen molar-refractivity contribution in [3.8, 4) is 0 Å². The third kappa shape index (κ3) is 3.54. The highest BCUT2D eigenvalue weighted by molar-refractivity contribution is 7.89. The predicted molar refractivity (Wildman–Crippen MR) is 82.8 cm³/mol. The minimum Gasteiger partial charge on any atom is -0.389 e. The molecule has 1 fully saturated rings. The number of benzene rings is 1. The van der Waals surface area contributed by atoms with E-state index < -0.39 is 10.0 Å². The monoisotopic (exact) mass is 313 g/mol. The molecular weight excluding hydrogens is 294 g/mol. The van der Waals surface area contributed by atoms with Crippen LogP contribution in [0.3, 0.4) is 0 Å². The average molecular weight is 313 g/mol. The van der Waals surface area contributed by atoms with E-state index in [0.29, 0.717) is 11.1 Å². The molecule has 1 heterocycles. The van der Waals surface area contributed by atoms with Crippen LogP contribution in [0.2, 0.25) is 0 Å². The van der Waals surface area contributed by atoms with E-state index in [-0.39, 0.29) is 9.88 Å². The van der Waals surface area contributed by atoms with Crippen molar-refractivity contribution in [2.75, 3.05) is 13.1 Å². The molecule has 7 heteroatoms. The normalized spacial score (nSPS) is 17.1. The first-order valence-corrected chi connectivity index (χ1v) is 8.47. The summed E-state index contributed by atoms with van der Waals surface area (Å²) in [5.74, 6) is 0.